The number of amides is 3. The summed E-state index contributed by atoms with van der Waals surface area (Å²) in [6.45, 7) is 17.0. The first-order chi connectivity index (χ1) is 21.2. The van der Waals surface area contributed by atoms with Crippen LogP contribution in [0, 0.1) is 11.8 Å². The van der Waals surface area contributed by atoms with Gasteiger partial charge in [-0.05, 0) is 77.3 Å². The number of piperidine rings is 1. The predicted molar refractivity (Wildman–Crippen MR) is 177 cm³/mol. The molecule has 250 valence electrons. The van der Waals surface area contributed by atoms with Crippen molar-refractivity contribution in [3.05, 3.63) is 47.5 Å². The lowest BCUT2D eigenvalue weighted by Crippen LogP contribution is -2.58. The molecule has 0 aromatic heterocycles. The summed E-state index contributed by atoms with van der Waals surface area (Å²) in [4.78, 5) is 59.8. The molecule has 0 bridgehead atoms. The van der Waals surface area contributed by atoms with E-state index < -0.39 is 24.2 Å². The van der Waals surface area contributed by atoms with Crippen molar-refractivity contribution in [1.82, 2.24) is 20.0 Å². The fourth-order valence-corrected chi connectivity index (χ4v) is 6.59. The lowest BCUT2D eigenvalue weighted by atomic mass is 9.95. The van der Waals surface area contributed by atoms with Crippen LogP contribution in [0.5, 0.6) is 0 Å². The molecule has 5 atom stereocenters. The Labute approximate surface area is 270 Å². The smallest absolute Gasteiger partial charge is 0.329 e. The van der Waals surface area contributed by atoms with Crippen molar-refractivity contribution in [2.45, 2.75) is 124 Å². The Bertz CT molecular complexity index is 1200. The van der Waals surface area contributed by atoms with Gasteiger partial charge in [-0.25, -0.2) is 4.79 Å². The molecule has 2 heterocycles. The monoisotopic (exact) mass is 624 g/mol. The summed E-state index contributed by atoms with van der Waals surface area (Å²) < 4.78 is 5.77. The number of likely N-dealkylation sites (tertiary alicyclic amines) is 2. The van der Waals surface area contributed by atoms with Gasteiger partial charge in [-0.1, -0.05) is 70.5 Å². The zero-order chi connectivity index (χ0) is 33.4. The first-order valence-corrected chi connectivity index (χ1v) is 16.8. The average molecular weight is 625 g/mol. The van der Waals surface area contributed by atoms with Crippen molar-refractivity contribution >= 4 is 23.7 Å². The third-order valence-electron chi connectivity index (χ3n) is 9.32. The van der Waals surface area contributed by atoms with E-state index in [1.807, 2.05) is 71.0 Å². The molecule has 1 N–H and O–H groups in total. The van der Waals surface area contributed by atoms with Gasteiger partial charge < -0.3 is 19.9 Å². The lowest BCUT2D eigenvalue weighted by molar-refractivity contribution is -0.156. The Kier molecular flexibility index (Phi) is 13.2. The van der Waals surface area contributed by atoms with Crippen LogP contribution in [0.15, 0.2) is 42.0 Å². The Morgan fingerprint density at radius 2 is 1.53 bits per heavy atom. The Morgan fingerprint density at radius 1 is 0.889 bits per heavy atom. The summed E-state index contributed by atoms with van der Waals surface area (Å²) in [7, 11) is 1.74. The van der Waals surface area contributed by atoms with E-state index >= 15 is 0 Å². The maximum absolute atomic E-state index is 13.9. The first kappa shape index (κ1) is 36.3. The number of nitrogens with one attached hydrogen (secondary N) is 1. The molecule has 9 heteroatoms. The van der Waals surface area contributed by atoms with Crippen molar-refractivity contribution in [2.75, 3.05) is 20.1 Å². The van der Waals surface area contributed by atoms with Crippen molar-refractivity contribution in [1.29, 1.82) is 0 Å². The number of hydrogen-bond acceptors (Lipinski definition) is 6. The van der Waals surface area contributed by atoms with Gasteiger partial charge in [0.25, 0.3) is 0 Å². The van der Waals surface area contributed by atoms with Crippen LogP contribution in [0.3, 0.4) is 0 Å². The maximum Gasteiger partial charge on any atom is 0.329 e. The van der Waals surface area contributed by atoms with E-state index in [1.54, 1.807) is 23.8 Å². The molecule has 1 aromatic carbocycles. The second-order valence-electron chi connectivity index (χ2n) is 13.8. The van der Waals surface area contributed by atoms with Gasteiger partial charge in [0.1, 0.15) is 18.2 Å². The number of benzene rings is 1. The molecule has 3 amide bonds. The van der Waals surface area contributed by atoms with Gasteiger partial charge in [-0.3, -0.25) is 19.3 Å². The zero-order valence-electron chi connectivity index (χ0n) is 28.9. The highest BCUT2D eigenvalue weighted by molar-refractivity contribution is 5.96. The molecule has 2 fully saturated rings. The highest BCUT2D eigenvalue weighted by Crippen LogP contribution is 2.26. The van der Waals surface area contributed by atoms with E-state index in [0.717, 1.165) is 37.8 Å². The Balaban J connectivity index is 1.73. The SMILES string of the molecule is CC(=C[C@H](C(C)C)N(C)C(=O)[C@@H](NC(=O)[C@H]1CCCCN1C(C)C)C(C)C)C(=O)N1CCC[C@H]1C(=O)O[C@@H](C)c1ccccc1. The van der Waals surface area contributed by atoms with Gasteiger partial charge in [0.05, 0.1) is 12.1 Å². The van der Waals surface area contributed by atoms with E-state index in [2.05, 4.69) is 24.1 Å². The molecule has 0 saturated carbocycles. The van der Waals surface area contributed by atoms with Crippen molar-refractivity contribution in [2.24, 2.45) is 11.8 Å². The third kappa shape index (κ3) is 9.18. The number of likely N-dealkylation sites (N-methyl/N-ethyl adjacent to an activating group) is 1. The molecule has 0 unspecified atom stereocenters. The van der Waals surface area contributed by atoms with Gasteiger partial charge >= 0.3 is 5.97 Å². The van der Waals surface area contributed by atoms with Gasteiger partial charge in [0.15, 0.2) is 0 Å². The summed E-state index contributed by atoms with van der Waals surface area (Å²) in [5, 5.41) is 3.09. The second kappa shape index (κ2) is 16.4. The van der Waals surface area contributed by atoms with E-state index in [4.69, 9.17) is 4.74 Å². The van der Waals surface area contributed by atoms with Crippen LogP contribution >= 0.6 is 0 Å². The fourth-order valence-electron chi connectivity index (χ4n) is 6.59. The van der Waals surface area contributed by atoms with E-state index in [-0.39, 0.29) is 47.7 Å². The quantitative estimate of drug-likeness (QED) is 0.256. The van der Waals surface area contributed by atoms with Crippen LogP contribution in [-0.2, 0) is 23.9 Å². The maximum atomic E-state index is 13.9. The second-order valence-corrected chi connectivity index (χ2v) is 13.8. The Hall–Kier alpha value is -3.20. The first-order valence-electron chi connectivity index (χ1n) is 16.8. The molecule has 3 rings (SSSR count). The predicted octanol–water partition coefficient (Wildman–Crippen LogP) is 5.11. The minimum absolute atomic E-state index is 0.00560. The molecule has 2 aliphatic rings. The third-order valence-corrected chi connectivity index (χ3v) is 9.32. The van der Waals surface area contributed by atoms with Crippen LogP contribution in [0.25, 0.3) is 0 Å². The average Bonchev–Trinajstić information content (AvgIpc) is 3.51. The summed E-state index contributed by atoms with van der Waals surface area (Å²) in [6, 6.07) is 7.84. The minimum Gasteiger partial charge on any atom is -0.456 e. The van der Waals surface area contributed by atoms with Crippen LogP contribution < -0.4 is 5.32 Å². The Morgan fingerprint density at radius 3 is 2.13 bits per heavy atom. The van der Waals surface area contributed by atoms with Crippen molar-refractivity contribution < 1.29 is 23.9 Å². The number of rotatable bonds is 12. The molecular weight excluding hydrogens is 568 g/mol. The number of esters is 1. The number of hydrogen-bond donors (Lipinski definition) is 1. The van der Waals surface area contributed by atoms with Crippen LogP contribution in [-0.4, -0.2) is 88.7 Å². The summed E-state index contributed by atoms with van der Waals surface area (Å²) in [5.74, 6) is -1.02. The molecule has 0 spiro atoms. The number of carbonyl (C=O) groups excluding carboxylic acids is 4. The topological polar surface area (TPSA) is 99.3 Å². The summed E-state index contributed by atoms with van der Waals surface area (Å²) in [5.41, 5.74) is 1.38. The molecule has 45 heavy (non-hydrogen) atoms. The van der Waals surface area contributed by atoms with Crippen LogP contribution in [0.4, 0.5) is 0 Å². The van der Waals surface area contributed by atoms with Gasteiger partial charge in [0, 0.05) is 25.2 Å². The highest BCUT2D eigenvalue weighted by Gasteiger charge is 2.38. The van der Waals surface area contributed by atoms with Crippen LogP contribution in [0.1, 0.15) is 99.2 Å². The molecular formula is C36H56N4O5. The van der Waals surface area contributed by atoms with E-state index in [9.17, 15) is 19.2 Å². The zero-order valence-corrected chi connectivity index (χ0v) is 28.9. The van der Waals surface area contributed by atoms with Gasteiger partial charge in [-0.2, -0.15) is 0 Å². The van der Waals surface area contributed by atoms with Gasteiger partial charge in [-0.15, -0.1) is 0 Å². The molecule has 9 nitrogen and oxygen atoms in total. The minimum atomic E-state index is -0.687. The summed E-state index contributed by atoms with van der Waals surface area (Å²) >= 11 is 0. The number of carbonyl (C=O) groups is 4. The normalized spacial score (nSPS) is 21.5. The van der Waals surface area contributed by atoms with E-state index in [0.29, 0.717) is 18.5 Å². The molecule has 2 aliphatic heterocycles. The fraction of sp³-hybridized carbons (Fsp3) is 0.667. The molecule has 0 aliphatic carbocycles. The van der Waals surface area contributed by atoms with E-state index in [1.165, 1.54) is 0 Å². The number of ether oxygens (including phenoxy) is 1. The number of nitrogens with zero attached hydrogens (tertiary/aromatic N) is 3. The van der Waals surface area contributed by atoms with Crippen molar-refractivity contribution in [3.63, 3.8) is 0 Å². The largest absolute Gasteiger partial charge is 0.456 e. The lowest BCUT2D eigenvalue weighted by Gasteiger charge is -2.39. The van der Waals surface area contributed by atoms with Crippen molar-refractivity contribution in [3.8, 4) is 0 Å². The standard InChI is InChI=1S/C36H56N4O5/c1-23(2)31(38(9)35(43)32(24(3)4)37-33(41)29-18-13-14-20-39(29)25(5)6)22-26(7)34(42)40-21-15-19-30(40)36(44)45-27(8)28-16-11-10-12-17-28/h10-12,16-17,22-25,27,29-32H,13-15,18-21H2,1-9H3,(H,37,41)/t27-,29+,30-,31+,32-/m0/s1. The van der Waals surface area contributed by atoms with Gasteiger partial charge in [0.2, 0.25) is 17.7 Å². The van der Waals surface area contributed by atoms with Crippen LogP contribution in [0.2, 0.25) is 0 Å². The molecule has 2 saturated heterocycles. The molecule has 1 aromatic rings. The summed E-state index contributed by atoms with van der Waals surface area (Å²) in [6.07, 6.45) is 5.54. The molecule has 0 radical (unpaired) electrons. The highest BCUT2D eigenvalue weighted by atomic mass is 16.5.